The van der Waals surface area contributed by atoms with Crippen LogP contribution in [-0.2, 0) is 0 Å². The molecule has 3 aliphatic rings. The monoisotopic (exact) mass is 222 g/mol. The topological polar surface area (TPSA) is 13.0 Å². The fourth-order valence-electron chi connectivity index (χ4n) is 2.84. The molecule has 4 unspecified atom stereocenters. The minimum absolute atomic E-state index is 1.18. The minimum Gasteiger partial charge on any atom is -0.284 e. The van der Waals surface area contributed by atoms with Gasteiger partial charge in [-0.1, -0.05) is 0 Å². The van der Waals surface area contributed by atoms with Crippen molar-refractivity contribution in [2.24, 2.45) is 0 Å². The molecule has 0 aliphatic carbocycles. The summed E-state index contributed by atoms with van der Waals surface area (Å²) in [5.74, 6) is 0. The molecule has 0 N–H and O–H groups in total. The van der Waals surface area contributed by atoms with Crippen molar-refractivity contribution in [3.05, 3.63) is 13.3 Å². The average Bonchev–Trinajstić information content (AvgIpc) is 2.34. The number of nitrogens with zero attached hydrogens (tertiary/aromatic N) is 4. The van der Waals surface area contributed by atoms with E-state index in [-0.39, 0.29) is 0 Å². The standard InChI is InChI=1S/C12H22N4/c1-3-13-7-9-15-5-2-6-16(12-15)10-8-14(4-1)11-13/h11-12H,1-10H2. The van der Waals surface area contributed by atoms with Crippen LogP contribution in [0.2, 0.25) is 0 Å². The van der Waals surface area contributed by atoms with E-state index in [1.54, 1.807) is 0 Å². The zero-order valence-electron chi connectivity index (χ0n) is 10.0. The van der Waals surface area contributed by atoms with Gasteiger partial charge in [0.05, 0.1) is 13.3 Å². The Labute approximate surface area is 98.8 Å². The summed E-state index contributed by atoms with van der Waals surface area (Å²) in [7, 11) is 0. The Hall–Kier alpha value is -0.160. The Bertz CT molecular complexity index is 189. The summed E-state index contributed by atoms with van der Waals surface area (Å²) in [5.41, 5.74) is 0. The van der Waals surface area contributed by atoms with Crippen molar-refractivity contribution in [1.29, 1.82) is 0 Å². The predicted molar refractivity (Wildman–Crippen MR) is 64.1 cm³/mol. The third-order valence-electron chi connectivity index (χ3n) is 3.78. The lowest BCUT2D eigenvalue weighted by Crippen LogP contribution is -2.50. The molecular formula is C12H22N4. The van der Waals surface area contributed by atoms with E-state index in [1.807, 2.05) is 0 Å². The number of hydrogen-bond donors (Lipinski definition) is 0. The highest BCUT2D eigenvalue weighted by molar-refractivity contribution is 4.85. The second kappa shape index (κ2) is 5.00. The molecule has 4 heteroatoms. The zero-order valence-corrected chi connectivity index (χ0v) is 10.0. The summed E-state index contributed by atoms with van der Waals surface area (Å²) >= 11 is 0. The molecule has 0 spiro atoms. The number of hydrogen-bond acceptors (Lipinski definition) is 4. The smallest absolute Gasteiger partial charge is 0.0922 e. The van der Waals surface area contributed by atoms with Gasteiger partial charge in [0, 0.05) is 52.4 Å². The SMILES string of the molecule is [CH]1N2CCCN1CCN1[CH]N(CCC1)CC2. The number of rotatable bonds is 0. The van der Waals surface area contributed by atoms with Gasteiger partial charge in [-0.25, -0.2) is 0 Å². The summed E-state index contributed by atoms with van der Waals surface area (Å²) in [5, 5.41) is 0. The molecule has 0 aromatic heterocycles. The van der Waals surface area contributed by atoms with E-state index in [4.69, 9.17) is 0 Å². The van der Waals surface area contributed by atoms with E-state index in [0.717, 1.165) is 0 Å². The molecule has 2 radical (unpaired) electrons. The normalized spacial score (nSPS) is 45.0. The summed E-state index contributed by atoms with van der Waals surface area (Å²) in [6, 6.07) is 0. The van der Waals surface area contributed by atoms with E-state index >= 15 is 0 Å². The quantitative estimate of drug-likeness (QED) is 0.582. The summed E-state index contributed by atoms with van der Waals surface area (Å²) in [6.07, 6.45) is 2.64. The van der Waals surface area contributed by atoms with Crippen LogP contribution in [0.1, 0.15) is 12.8 Å². The maximum atomic E-state index is 2.49. The van der Waals surface area contributed by atoms with Crippen LogP contribution in [0.3, 0.4) is 0 Å². The average molecular weight is 222 g/mol. The molecule has 0 saturated carbocycles. The number of fused-ring (bicyclic) bond motifs is 4. The molecule has 4 nitrogen and oxygen atoms in total. The van der Waals surface area contributed by atoms with Gasteiger partial charge in [-0.15, -0.1) is 0 Å². The van der Waals surface area contributed by atoms with Crippen LogP contribution in [0.5, 0.6) is 0 Å². The molecule has 3 aliphatic heterocycles. The third-order valence-corrected chi connectivity index (χ3v) is 3.78. The van der Waals surface area contributed by atoms with Gasteiger partial charge in [-0.2, -0.15) is 0 Å². The molecule has 0 aromatic rings. The van der Waals surface area contributed by atoms with Gasteiger partial charge in [0.25, 0.3) is 0 Å². The van der Waals surface area contributed by atoms with Gasteiger partial charge in [-0.05, 0) is 12.8 Å². The van der Waals surface area contributed by atoms with Gasteiger partial charge < -0.3 is 0 Å². The van der Waals surface area contributed by atoms with E-state index < -0.39 is 0 Å². The molecule has 3 heterocycles. The van der Waals surface area contributed by atoms with Crippen LogP contribution in [0.15, 0.2) is 0 Å². The molecule has 3 rings (SSSR count). The molecule has 3 saturated heterocycles. The second-order valence-electron chi connectivity index (χ2n) is 5.08. The second-order valence-corrected chi connectivity index (χ2v) is 5.08. The van der Waals surface area contributed by atoms with Crippen LogP contribution in [-0.4, -0.2) is 72.0 Å². The molecule has 4 bridgehead atoms. The lowest BCUT2D eigenvalue weighted by atomic mass is 10.2. The Kier molecular flexibility index (Phi) is 3.43. The summed E-state index contributed by atoms with van der Waals surface area (Å²) < 4.78 is 0. The Morgan fingerprint density at radius 2 is 0.750 bits per heavy atom. The lowest BCUT2D eigenvalue weighted by Gasteiger charge is -2.41. The molecule has 0 amide bonds. The maximum Gasteiger partial charge on any atom is 0.0922 e. The Balaban J connectivity index is 1.64. The van der Waals surface area contributed by atoms with E-state index in [1.165, 1.54) is 65.2 Å². The van der Waals surface area contributed by atoms with Crippen molar-refractivity contribution in [1.82, 2.24) is 19.6 Å². The van der Waals surface area contributed by atoms with Crippen LogP contribution in [0, 0.1) is 13.3 Å². The highest BCUT2D eigenvalue weighted by Gasteiger charge is 2.24. The van der Waals surface area contributed by atoms with E-state index in [2.05, 4.69) is 32.9 Å². The Morgan fingerprint density at radius 3 is 1.06 bits per heavy atom. The van der Waals surface area contributed by atoms with Crippen molar-refractivity contribution in [2.75, 3.05) is 52.4 Å². The molecule has 0 aromatic carbocycles. The van der Waals surface area contributed by atoms with Gasteiger partial charge in [0.1, 0.15) is 0 Å². The summed E-state index contributed by atoms with van der Waals surface area (Å²) in [4.78, 5) is 9.95. The summed E-state index contributed by atoms with van der Waals surface area (Å²) in [6.45, 7) is 14.4. The highest BCUT2D eigenvalue weighted by atomic mass is 15.4. The van der Waals surface area contributed by atoms with Crippen LogP contribution < -0.4 is 0 Å². The fraction of sp³-hybridized carbons (Fsp3) is 0.833. The van der Waals surface area contributed by atoms with Gasteiger partial charge in [0.15, 0.2) is 0 Å². The van der Waals surface area contributed by atoms with Crippen LogP contribution in [0.4, 0.5) is 0 Å². The molecule has 90 valence electrons. The van der Waals surface area contributed by atoms with Gasteiger partial charge in [0.2, 0.25) is 0 Å². The van der Waals surface area contributed by atoms with Gasteiger partial charge >= 0.3 is 0 Å². The van der Waals surface area contributed by atoms with Crippen molar-refractivity contribution in [3.8, 4) is 0 Å². The first-order valence-electron chi connectivity index (χ1n) is 6.56. The van der Waals surface area contributed by atoms with Crippen molar-refractivity contribution < 1.29 is 0 Å². The predicted octanol–water partition coefficient (Wildman–Crippen LogP) is 0.254. The first-order chi connectivity index (χ1) is 7.90. The van der Waals surface area contributed by atoms with Crippen LogP contribution in [0.25, 0.3) is 0 Å². The van der Waals surface area contributed by atoms with E-state index in [0.29, 0.717) is 0 Å². The van der Waals surface area contributed by atoms with Crippen molar-refractivity contribution in [2.45, 2.75) is 12.8 Å². The molecule has 3 fully saturated rings. The first kappa shape index (κ1) is 11.0. The highest BCUT2D eigenvalue weighted by Crippen LogP contribution is 2.15. The molecule has 16 heavy (non-hydrogen) atoms. The van der Waals surface area contributed by atoms with Crippen molar-refractivity contribution >= 4 is 0 Å². The molecule has 4 atom stereocenters. The maximum absolute atomic E-state index is 2.49. The zero-order chi connectivity index (χ0) is 10.8. The van der Waals surface area contributed by atoms with Crippen molar-refractivity contribution in [3.63, 3.8) is 0 Å². The third kappa shape index (κ3) is 2.56. The molecular weight excluding hydrogens is 200 g/mol. The largest absolute Gasteiger partial charge is 0.284 e. The van der Waals surface area contributed by atoms with E-state index in [9.17, 15) is 0 Å². The van der Waals surface area contributed by atoms with Crippen LogP contribution >= 0.6 is 0 Å². The lowest BCUT2D eigenvalue weighted by molar-refractivity contribution is 0.0749. The van der Waals surface area contributed by atoms with Gasteiger partial charge in [-0.3, -0.25) is 19.6 Å². The first-order valence-corrected chi connectivity index (χ1v) is 6.56. The minimum atomic E-state index is 1.18. The Morgan fingerprint density at radius 1 is 0.438 bits per heavy atom. The fourth-order valence-corrected chi connectivity index (χ4v) is 2.84.